The number of nitrogen functional groups attached to an aromatic ring is 1. The van der Waals surface area contributed by atoms with Crippen molar-refractivity contribution in [3.05, 3.63) is 42.5 Å². The summed E-state index contributed by atoms with van der Waals surface area (Å²) in [7, 11) is -8.73. The number of nitrogens with two attached hydrogens (primary N) is 1. The van der Waals surface area contributed by atoms with Crippen molar-refractivity contribution >= 4 is 37.3 Å². The molecule has 0 aliphatic carbocycles. The molecule has 2 rings (SSSR count). The lowest BCUT2D eigenvalue weighted by Crippen LogP contribution is -2.04. The molecule has 5 N–H and O–H groups in total. The van der Waals surface area contributed by atoms with Crippen LogP contribution >= 0.6 is 0 Å². The molecule has 0 aliphatic rings. The summed E-state index contributed by atoms with van der Waals surface area (Å²) in [6.07, 6.45) is 0. The van der Waals surface area contributed by atoms with Gasteiger partial charge in [-0.25, -0.2) is 0 Å². The second kappa shape index (κ2) is 5.57. The van der Waals surface area contributed by atoms with Gasteiger partial charge in [0.05, 0.1) is 10.6 Å². The van der Waals surface area contributed by atoms with E-state index in [-0.39, 0.29) is 10.6 Å². The first-order valence-electron chi connectivity index (χ1n) is 5.79. The number of benzene rings is 2. The van der Waals surface area contributed by atoms with Crippen molar-refractivity contribution in [1.82, 2.24) is 0 Å². The molecule has 2 aromatic carbocycles. The Balaban J connectivity index is 2.32. The predicted octanol–water partition coefficient (Wildman–Crippen LogP) is 1.51. The highest BCUT2D eigenvalue weighted by molar-refractivity contribution is 7.86. The normalized spacial score (nSPS) is 12.1. The zero-order chi connectivity index (χ0) is 16.5. The SMILES string of the molecule is Nc1ccc(Nc2ccc(S(=O)(=O)O)cc2)cc1S(=O)(=O)O. The third-order valence-electron chi connectivity index (χ3n) is 2.73. The fourth-order valence-electron chi connectivity index (χ4n) is 1.71. The van der Waals surface area contributed by atoms with Gasteiger partial charge in [-0.2, -0.15) is 16.8 Å². The molecule has 0 atom stereocenters. The molecule has 0 aliphatic heterocycles. The van der Waals surface area contributed by atoms with Crippen LogP contribution in [0.5, 0.6) is 0 Å². The van der Waals surface area contributed by atoms with Gasteiger partial charge in [-0.05, 0) is 42.5 Å². The van der Waals surface area contributed by atoms with E-state index >= 15 is 0 Å². The fraction of sp³-hybridized carbons (Fsp3) is 0. The van der Waals surface area contributed by atoms with E-state index in [0.29, 0.717) is 11.4 Å². The van der Waals surface area contributed by atoms with Crippen molar-refractivity contribution in [3.63, 3.8) is 0 Å². The molecule has 10 heteroatoms. The third kappa shape index (κ3) is 3.74. The Kier molecular flexibility index (Phi) is 4.11. The van der Waals surface area contributed by atoms with E-state index in [2.05, 4.69) is 5.32 Å². The highest BCUT2D eigenvalue weighted by atomic mass is 32.2. The summed E-state index contributed by atoms with van der Waals surface area (Å²) in [5, 5.41) is 2.81. The first-order valence-corrected chi connectivity index (χ1v) is 8.67. The molecule has 0 unspecified atom stereocenters. The highest BCUT2D eigenvalue weighted by Gasteiger charge is 2.14. The average molecular weight is 344 g/mol. The van der Waals surface area contributed by atoms with Gasteiger partial charge in [0.25, 0.3) is 20.2 Å². The molecule has 0 fully saturated rings. The smallest absolute Gasteiger partial charge is 0.296 e. The van der Waals surface area contributed by atoms with Crippen molar-refractivity contribution in [2.24, 2.45) is 0 Å². The van der Waals surface area contributed by atoms with Crippen molar-refractivity contribution in [2.75, 3.05) is 11.1 Å². The molecule has 0 bridgehead atoms. The Hall–Kier alpha value is -2.14. The highest BCUT2D eigenvalue weighted by Crippen LogP contribution is 2.25. The first-order chi connectivity index (χ1) is 10.1. The largest absolute Gasteiger partial charge is 0.398 e. The number of rotatable bonds is 4. The lowest BCUT2D eigenvalue weighted by molar-refractivity contribution is 0.481. The van der Waals surface area contributed by atoms with Gasteiger partial charge in [0, 0.05) is 11.4 Å². The standard InChI is InChI=1S/C12H12N2O6S2/c13-11-6-3-9(7-12(11)22(18,19)20)14-8-1-4-10(5-2-8)21(15,16)17/h1-7,14H,13H2,(H,15,16,17)(H,18,19,20). The van der Waals surface area contributed by atoms with Crippen LogP contribution in [-0.4, -0.2) is 25.9 Å². The molecule has 118 valence electrons. The summed E-state index contributed by atoms with van der Waals surface area (Å²) < 4.78 is 62.1. The second-order valence-corrected chi connectivity index (χ2v) is 7.16. The molecule has 0 aromatic heterocycles. The van der Waals surface area contributed by atoms with Crippen LogP contribution in [0.4, 0.5) is 17.1 Å². The maximum atomic E-state index is 11.2. The number of anilines is 3. The Morgan fingerprint density at radius 2 is 1.36 bits per heavy atom. The first kappa shape index (κ1) is 16.2. The summed E-state index contributed by atoms with van der Waals surface area (Å²) in [5.74, 6) is 0. The van der Waals surface area contributed by atoms with E-state index in [1.54, 1.807) is 0 Å². The van der Waals surface area contributed by atoms with Gasteiger partial charge in [0.15, 0.2) is 0 Å². The average Bonchev–Trinajstić information content (AvgIpc) is 2.39. The molecule has 0 radical (unpaired) electrons. The minimum absolute atomic E-state index is 0.102. The van der Waals surface area contributed by atoms with Crippen LogP contribution in [0.3, 0.4) is 0 Å². The summed E-state index contributed by atoms with van der Waals surface area (Å²) in [4.78, 5) is -0.707. The van der Waals surface area contributed by atoms with Gasteiger partial charge in [0.1, 0.15) is 4.90 Å². The lowest BCUT2D eigenvalue weighted by Gasteiger charge is -2.09. The second-order valence-electron chi connectivity index (χ2n) is 4.35. The Morgan fingerprint density at radius 3 is 1.86 bits per heavy atom. The molecule has 0 saturated heterocycles. The van der Waals surface area contributed by atoms with E-state index in [9.17, 15) is 16.8 Å². The fourth-order valence-corrected chi connectivity index (χ4v) is 2.83. The number of hydrogen-bond acceptors (Lipinski definition) is 6. The minimum atomic E-state index is -4.45. The number of hydrogen-bond donors (Lipinski definition) is 4. The summed E-state index contributed by atoms with van der Waals surface area (Å²) >= 11 is 0. The van der Waals surface area contributed by atoms with Gasteiger partial charge < -0.3 is 11.1 Å². The molecular formula is C12H12N2O6S2. The zero-order valence-corrected chi connectivity index (χ0v) is 12.6. The molecule has 22 heavy (non-hydrogen) atoms. The van der Waals surface area contributed by atoms with E-state index < -0.39 is 25.1 Å². The van der Waals surface area contributed by atoms with Gasteiger partial charge in [-0.15, -0.1) is 0 Å². The molecular weight excluding hydrogens is 332 g/mol. The molecule has 0 amide bonds. The van der Waals surface area contributed by atoms with Gasteiger partial charge >= 0.3 is 0 Å². The molecule has 0 heterocycles. The van der Waals surface area contributed by atoms with Crippen LogP contribution in [0.15, 0.2) is 52.3 Å². The Morgan fingerprint density at radius 1 is 0.818 bits per heavy atom. The Bertz CT molecular complexity index is 905. The Labute approximate surface area is 127 Å². The maximum Gasteiger partial charge on any atom is 0.296 e. The van der Waals surface area contributed by atoms with Crippen LogP contribution in [0.25, 0.3) is 0 Å². The van der Waals surface area contributed by atoms with Crippen molar-refractivity contribution in [1.29, 1.82) is 0 Å². The van der Waals surface area contributed by atoms with E-state index in [1.165, 1.54) is 36.4 Å². The van der Waals surface area contributed by atoms with Crippen LogP contribution < -0.4 is 11.1 Å². The van der Waals surface area contributed by atoms with Gasteiger partial charge in [0.2, 0.25) is 0 Å². The van der Waals surface area contributed by atoms with E-state index in [1.807, 2.05) is 0 Å². The van der Waals surface area contributed by atoms with Crippen LogP contribution in [0, 0.1) is 0 Å². The summed E-state index contributed by atoms with van der Waals surface area (Å²) in [6, 6.07) is 9.05. The van der Waals surface area contributed by atoms with Gasteiger partial charge in [-0.3, -0.25) is 9.11 Å². The zero-order valence-electron chi connectivity index (χ0n) is 11.0. The van der Waals surface area contributed by atoms with Crippen LogP contribution in [-0.2, 0) is 20.2 Å². The van der Waals surface area contributed by atoms with E-state index in [4.69, 9.17) is 14.8 Å². The topological polar surface area (TPSA) is 147 Å². The van der Waals surface area contributed by atoms with Crippen LogP contribution in [0.1, 0.15) is 0 Å². The third-order valence-corrected chi connectivity index (χ3v) is 4.51. The monoisotopic (exact) mass is 344 g/mol. The molecule has 8 nitrogen and oxygen atoms in total. The molecule has 0 spiro atoms. The van der Waals surface area contributed by atoms with Gasteiger partial charge in [-0.1, -0.05) is 0 Å². The van der Waals surface area contributed by atoms with Crippen LogP contribution in [0.2, 0.25) is 0 Å². The van der Waals surface area contributed by atoms with Crippen molar-refractivity contribution in [2.45, 2.75) is 9.79 Å². The lowest BCUT2D eigenvalue weighted by atomic mass is 10.2. The summed E-state index contributed by atoms with van der Waals surface area (Å²) in [6.45, 7) is 0. The minimum Gasteiger partial charge on any atom is -0.398 e. The van der Waals surface area contributed by atoms with E-state index in [0.717, 1.165) is 6.07 Å². The quantitative estimate of drug-likeness (QED) is 0.482. The number of nitrogens with one attached hydrogen (secondary N) is 1. The molecule has 0 saturated carbocycles. The molecule has 2 aromatic rings. The predicted molar refractivity (Wildman–Crippen MR) is 80.2 cm³/mol. The maximum absolute atomic E-state index is 11.2. The van der Waals surface area contributed by atoms with Crippen molar-refractivity contribution < 1.29 is 25.9 Å². The van der Waals surface area contributed by atoms with Crippen molar-refractivity contribution in [3.8, 4) is 0 Å². The summed E-state index contributed by atoms with van der Waals surface area (Å²) in [5.41, 5.74) is 6.14.